The van der Waals surface area contributed by atoms with E-state index < -0.39 is 16.1 Å². The Bertz CT molecular complexity index is 715. The van der Waals surface area contributed by atoms with Gasteiger partial charge in [-0.2, -0.15) is 0 Å². The van der Waals surface area contributed by atoms with E-state index >= 15 is 0 Å². The first kappa shape index (κ1) is 34.8. The average Bonchev–Trinajstić information content (AvgIpc) is 2.64. The van der Waals surface area contributed by atoms with Crippen molar-refractivity contribution in [1.29, 1.82) is 0 Å². The molecule has 0 saturated heterocycles. The summed E-state index contributed by atoms with van der Waals surface area (Å²) in [6.45, 7) is 29.3. The lowest BCUT2D eigenvalue weighted by atomic mass is 10.2. The van der Waals surface area contributed by atoms with E-state index in [0.29, 0.717) is 38.2 Å². The maximum absolute atomic E-state index is 10.6. The first-order chi connectivity index (χ1) is 15.5. The van der Waals surface area contributed by atoms with Gasteiger partial charge in [0.1, 0.15) is 11.1 Å². The van der Waals surface area contributed by atoms with Crippen molar-refractivity contribution in [2.24, 2.45) is 0 Å². The molecule has 1 aromatic rings. The standard InChI is InChI=1S/C27H51O5PSi.BrH/c1-13-30-34(31-14-2,32-15-3)20-16-19-29-23-18-17-22(28)21-24(23)33(25(4,5)6,26(7,8)9)27(10,11)12;/h17-18,21H,13-16,19-20H2,1-12H3;1H. The van der Waals surface area contributed by atoms with Gasteiger partial charge < -0.3 is 40.1 Å². The zero-order valence-electron chi connectivity index (χ0n) is 24.4. The Morgan fingerprint density at radius 1 is 0.771 bits per heavy atom. The highest BCUT2D eigenvalue weighted by atomic mass is 79.9. The van der Waals surface area contributed by atoms with E-state index in [1.54, 1.807) is 6.07 Å². The lowest BCUT2D eigenvalue weighted by Gasteiger charge is -2.54. The Kier molecular flexibility index (Phi) is 13.5. The third-order valence-electron chi connectivity index (χ3n) is 6.30. The van der Waals surface area contributed by atoms with Crippen LogP contribution in [0, 0.1) is 0 Å². The van der Waals surface area contributed by atoms with Crippen LogP contribution >= 0.6 is 7.26 Å². The summed E-state index contributed by atoms with van der Waals surface area (Å²) >= 11 is 0. The van der Waals surface area contributed by atoms with Gasteiger partial charge in [-0.1, -0.05) is 0 Å². The minimum Gasteiger partial charge on any atom is -1.00 e. The zero-order valence-corrected chi connectivity index (χ0v) is 27.9. The fourth-order valence-electron chi connectivity index (χ4n) is 6.46. The molecule has 1 N–H and O–H groups in total. The molecule has 35 heavy (non-hydrogen) atoms. The van der Waals surface area contributed by atoms with Crippen molar-refractivity contribution in [2.45, 2.75) is 111 Å². The molecule has 0 fully saturated rings. The van der Waals surface area contributed by atoms with Gasteiger partial charge >= 0.3 is 8.80 Å². The van der Waals surface area contributed by atoms with Crippen molar-refractivity contribution in [3.05, 3.63) is 18.2 Å². The first-order valence-corrected chi connectivity index (χ1v) is 16.5. The van der Waals surface area contributed by atoms with Gasteiger partial charge in [0.2, 0.25) is 0 Å². The molecule has 5 nitrogen and oxygen atoms in total. The molecular weight excluding hydrogens is 543 g/mol. The van der Waals surface area contributed by atoms with Crippen LogP contribution in [0.25, 0.3) is 0 Å². The van der Waals surface area contributed by atoms with Gasteiger partial charge in [0.15, 0.2) is 5.75 Å². The van der Waals surface area contributed by atoms with Crippen LogP contribution in [0.15, 0.2) is 18.2 Å². The fraction of sp³-hybridized carbons (Fsp3) is 0.778. The molecule has 0 unspecified atom stereocenters. The Balaban J connectivity index is 0.0000116. The summed E-state index contributed by atoms with van der Waals surface area (Å²) in [7, 11) is -4.62. The van der Waals surface area contributed by atoms with E-state index in [4.69, 9.17) is 18.0 Å². The number of hydrogen-bond donors (Lipinski definition) is 1. The van der Waals surface area contributed by atoms with E-state index in [-0.39, 0.29) is 32.4 Å². The Labute approximate surface area is 228 Å². The van der Waals surface area contributed by atoms with Crippen molar-refractivity contribution in [3.63, 3.8) is 0 Å². The lowest BCUT2D eigenvalue weighted by molar-refractivity contribution is -0.0000206. The molecule has 0 radical (unpaired) electrons. The third-order valence-corrected chi connectivity index (χ3v) is 16.6. The Hall–Kier alpha value is -0.173. The second-order valence-electron chi connectivity index (χ2n) is 11.8. The van der Waals surface area contributed by atoms with Crippen molar-refractivity contribution in [2.75, 3.05) is 26.4 Å². The van der Waals surface area contributed by atoms with Gasteiger partial charge in [0.25, 0.3) is 0 Å². The minimum absolute atomic E-state index is 0. The molecule has 0 aromatic heterocycles. The molecule has 0 aliphatic carbocycles. The third kappa shape index (κ3) is 7.91. The zero-order chi connectivity index (χ0) is 26.4. The van der Waals surface area contributed by atoms with Gasteiger partial charge in [-0.3, -0.25) is 0 Å². The van der Waals surface area contributed by atoms with Crippen LogP contribution < -0.4 is 27.0 Å². The molecule has 0 aliphatic heterocycles. The molecule has 0 saturated carbocycles. The van der Waals surface area contributed by atoms with E-state index in [9.17, 15) is 5.11 Å². The monoisotopic (exact) mass is 594 g/mol. The Morgan fingerprint density at radius 3 is 1.57 bits per heavy atom. The summed E-state index contributed by atoms with van der Waals surface area (Å²) in [5.74, 6) is 1.17. The van der Waals surface area contributed by atoms with Crippen molar-refractivity contribution in [3.8, 4) is 11.5 Å². The van der Waals surface area contributed by atoms with Crippen molar-refractivity contribution in [1.82, 2.24) is 0 Å². The summed E-state index contributed by atoms with van der Waals surface area (Å²) in [5, 5.41) is 11.8. The average molecular weight is 596 g/mol. The van der Waals surface area contributed by atoms with Crippen LogP contribution in [-0.4, -0.2) is 55.8 Å². The van der Waals surface area contributed by atoms with Crippen LogP contribution in [0.1, 0.15) is 89.5 Å². The predicted molar refractivity (Wildman–Crippen MR) is 149 cm³/mol. The van der Waals surface area contributed by atoms with Crippen LogP contribution in [-0.2, 0) is 13.3 Å². The highest BCUT2D eigenvalue weighted by Gasteiger charge is 2.67. The summed E-state index contributed by atoms with van der Waals surface area (Å²) in [4.78, 5) is 0. The second-order valence-corrected chi connectivity index (χ2v) is 20.3. The van der Waals surface area contributed by atoms with Gasteiger partial charge in [-0.05, 0) is 102 Å². The van der Waals surface area contributed by atoms with E-state index in [0.717, 1.165) is 12.2 Å². The number of phenols is 1. The normalized spacial score (nSPS) is 13.5. The van der Waals surface area contributed by atoms with Crippen molar-refractivity contribution < 1.29 is 40.1 Å². The first-order valence-electron chi connectivity index (χ1n) is 12.8. The number of hydrogen-bond acceptors (Lipinski definition) is 5. The molecule has 1 rings (SSSR count). The highest BCUT2D eigenvalue weighted by Crippen LogP contribution is 2.83. The highest BCUT2D eigenvalue weighted by molar-refractivity contribution is 7.87. The Morgan fingerprint density at radius 2 is 1.20 bits per heavy atom. The minimum atomic E-state index is -2.70. The maximum Gasteiger partial charge on any atom is 0.501 e. The van der Waals surface area contributed by atoms with Crippen LogP contribution in [0.3, 0.4) is 0 Å². The number of rotatable bonds is 12. The summed E-state index contributed by atoms with van der Waals surface area (Å²) in [5.41, 5.74) is 0. The summed E-state index contributed by atoms with van der Waals surface area (Å²) in [6, 6.07) is 6.36. The van der Waals surface area contributed by atoms with Gasteiger partial charge in [0.05, 0.1) is 29.3 Å². The van der Waals surface area contributed by atoms with E-state index in [2.05, 4.69) is 62.3 Å². The molecule has 1 aromatic carbocycles. The number of halogens is 1. The predicted octanol–water partition coefficient (Wildman–Crippen LogP) is 4.25. The largest absolute Gasteiger partial charge is 1.00 e. The molecule has 0 spiro atoms. The number of benzene rings is 1. The molecule has 8 heteroatoms. The van der Waals surface area contributed by atoms with E-state index in [1.807, 2.05) is 32.9 Å². The van der Waals surface area contributed by atoms with Gasteiger partial charge in [-0.25, -0.2) is 0 Å². The number of ether oxygens (including phenoxy) is 1. The maximum atomic E-state index is 10.6. The topological polar surface area (TPSA) is 57.2 Å². The second kappa shape index (κ2) is 13.6. The van der Waals surface area contributed by atoms with Crippen LogP contribution in [0.4, 0.5) is 0 Å². The molecule has 206 valence electrons. The van der Waals surface area contributed by atoms with Gasteiger partial charge in [-0.15, -0.1) is 0 Å². The lowest BCUT2D eigenvalue weighted by Crippen LogP contribution is -3.00. The van der Waals surface area contributed by atoms with Crippen molar-refractivity contribution >= 4 is 21.4 Å². The fourth-order valence-corrected chi connectivity index (χ4v) is 18.0. The molecule has 0 atom stereocenters. The summed E-state index contributed by atoms with van der Waals surface area (Å²) in [6.07, 6.45) is 0.776. The number of phenolic OH excluding ortho intramolecular Hbond substituents is 1. The molecule has 0 amide bonds. The van der Waals surface area contributed by atoms with Crippen LogP contribution in [0.2, 0.25) is 6.04 Å². The summed E-state index contributed by atoms with van der Waals surface area (Å²) < 4.78 is 24.5. The van der Waals surface area contributed by atoms with Gasteiger partial charge in [0, 0.05) is 31.9 Å². The molecule has 0 aliphatic rings. The number of aromatic hydroxyl groups is 1. The van der Waals surface area contributed by atoms with Crippen LogP contribution in [0.5, 0.6) is 11.5 Å². The van der Waals surface area contributed by atoms with E-state index in [1.165, 1.54) is 5.30 Å². The molecule has 0 bridgehead atoms. The SMILES string of the molecule is CCO[Si](CCCOc1ccc(O)cc1[P+](C(C)(C)C)(C(C)(C)C)C(C)(C)C)(OCC)OCC.[Br-]. The smallest absolute Gasteiger partial charge is 0.501 e. The molecule has 0 heterocycles. The quantitative estimate of drug-likeness (QED) is 0.223. The molecular formula is C27H52BrO5PSi.